The van der Waals surface area contributed by atoms with Crippen molar-refractivity contribution < 1.29 is 0 Å². The number of benzene rings is 1. The summed E-state index contributed by atoms with van der Waals surface area (Å²) in [7, 11) is 0. The minimum atomic E-state index is 0.0638. The van der Waals surface area contributed by atoms with E-state index in [1.165, 1.54) is 11.8 Å². The van der Waals surface area contributed by atoms with Gasteiger partial charge >= 0.3 is 0 Å². The first-order chi connectivity index (χ1) is 7.65. The van der Waals surface area contributed by atoms with Gasteiger partial charge in [-0.3, -0.25) is 0 Å². The van der Waals surface area contributed by atoms with Crippen molar-refractivity contribution >= 4 is 46.6 Å². The van der Waals surface area contributed by atoms with Crippen LogP contribution in [0.15, 0.2) is 34.2 Å². The largest absolute Gasteiger partial charge is 0.244 e. The van der Waals surface area contributed by atoms with Gasteiger partial charge in [-0.15, -0.1) is 10.2 Å². The summed E-state index contributed by atoms with van der Waals surface area (Å²) in [6.07, 6.45) is 0. The first kappa shape index (κ1) is 11.9. The van der Waals surface area contributed by atoms with Gasteiger partial charge in [0, 0.05) is 9.92 Å². The van der Waals surface area contributed by atoms with Crippen LogP contribution in [0.5, 0.6) is 0 Å². The van der Waals surface area contributed by atoms with Crippen LogP contribution < -0.4 is 0 Å². The van der Waals surface area contributed by atoms with Gasteiger partial charge in [-0.1, -0.05) is 41.0 Å². The Hall–Kier alpha value is -0.550. The Bertz CT molecular complexity index is 521. The van der Waals surface area contributed by atoms with E-state index in [0.29, 0.717) is 10.0 Å². The summed E-state index contributed by atoms with van der Waals surface area (Å²) in [4.78, 5) is 4.89. The Labute approximate surface area is 111 Å². The molecule has 0 aliphatic carbocycles. The molecule has 3 nitrogen and oxygen atoms in total. The third-order valence-corrected chi connectivity index (χ3v) is 3.33. The van der Waals surface area contributed by atoms with Crippen molar-refractivity contribution in [1.82, 2.24) is 15.2 Å². The van der Waals surface area contributed by atoms with Crippen LogP contribution in [0.4, 0.5) is 0 Å². The standard InChI is InChI=1S/C9H4Cl3N3S/c10-5-2-1-3-6(4-5)16-8-7(11)14-15-9(12)13-8/h1-4H. The fourth-order valence-corrected chi connectivity index (χ4v) is 2.42. The Morgan fingerprint density at radius 2 is 1.88 bits per heavy atom. The molecule has 82 valence electrons. The van der Waals surface area contributed by atoms with E-state index in [0.717, 1.165) is 4.90 Å². The van der Waals surface area contributed by atoms with Gasteiger partial charge in [0.1, 0.15) is 5.03 Å². The van der Waals surface area contributed by atoms with Crippen molar-refractivity contribution in [2.45, 2.75) is 9.92 Å². The lowest BCUT2D eigenvalue weighted by molar-refractivity contribution is 0.904. The zero-order valence-corrected chi connectivity index (χ0v) is 10.8. The zero-order valence-electron chi connectivity index (χ0n) is 7.69. The molecule has 0 N–H and O–H groups in total. The van der Waals surface area contributed by atoms with Gasteiger partial charge in [0.15, 0.2) is 5.15 Å². The maximum absolute atomic E-state index is 5.86. The van der Waals surface area contributed by atoms with Crippen molar-refractivity contribution in [3.63, 3.8) is 0 Å². The summed E-state index contributed by atoms with van der Waals surface area (Å²) in [5.41, 5.74) is 0. The molecule has 2 aromatic rings. The lowest BCUT2D eigenvalue weighted by Crippen LogP contribution is -1.91. The number of halogens is 3. The molecule has 0 amide bonds. The number of aromatic nitrogens is 3. The molecule has 0 radical (unpaired) electrons. The molecule has 0 bridgehead atoms. The van der Waals surface area contributed by atoms with E-state index in [1.54, 1.807) is 12.1 Å². The summed E-state index contributed by atoms with van der Waals surface area (Å²) in [6, 6.07) is 7.33. The second-order valence-electron chi connectivity index (χ2n) is 2.74. The average molecular weight is 293 g/mol. The molecule has 0 atom stereocenters. The van der Waals surface area contributed by atoms with Crippen LogP contribution in [0.25, 0.3) is 0 Å². The summed E-state index contributed by atoms with van der Waals surface area (Å²) in [6.45, 7) is 0. The van der Waals surface area contributed by atoms with E-state index in [2.05, 4.69) is 15.2 Å². The molecule has 0 saturated heterocycles. The molecule has 0 spiro atoms. The smallest absolute Gasteiger partial charge is 0.206 e. The highest BCUT2D eigenvalue weighted by Crippen LogP contribution is 2.31. The Balaban J connectivity index is 2.30. The summed E-state index contributed by atoms with van der Waals surface area (Å²) in [5, 5.41) is 8.63. The average Bonchev–Trinajstić information content (AvgIpc) is 2.24. The highest BCUT2D eigenvalue weighted by Gasteiger charge is 2.08. The normalized spacial score (nSPS) is 10.4. The molecule has 0 fully saturated rings. The molecular formula is C9H4Cl3N3S. The minimum Gasteiger partial charge on any atom is -0.206 e. The maximum atomic E-state index is 5.86. The Morgan fingerprint density at radius 3 is 2.62 bits per heavy atom. The van der Waals surface area contributed by atoms with Crippen LogP contribution in [-0.4, -0.2) is 15.2 Å². The van der Waals surface area contributed by atoms with Crippen molar-refractivity contribution in [2.75, 3.05) is 0 Å². The van der Waals surface area contributed by atoms with Gasteiger partial charge in [-0.25, -0.2) is 4.98 Å². The number of nitrogens with zero attached hydrogens (tertiary/aromatic N) is 3. The zero-order chi connectivity index (χ0) is 11.5. The van der Waals surface area contributed by atoms with E-state index in [4.69, 9.17) is 34.8 Å². The van der Waals surface area contributed by atoms with E-state index < -0.39 is 0 Å². The molecule has 0 unspecified atom stereocenters. The Morgan fingerprint density at radius 1 is 1.06 bits per heavy atom. The van der Waals surface area contributed by atoms with Gasteiger partial charge in [0.05, 0.1) is 0 Å². The molecule has 0 aliphatic rings. The fourth-order valence-electron chi connectivity index (χ4n) is 0.987. The second kappa shape index (κ2) is 5.19. The predicted octanol–water partition coefficient (Wildman–Crippen LogP) is 3.98. The SMILES string of the molecule is Clc1cccc(Sc2nc(Cl)nnc2Cl)c1. The fraction of sp³-hybridized carbons (Fsp3) is 0. The van der Waals surface area contributed by atoms with Gasteiger partial charge < -0.3 is 0 Å². The first-order valence-corrected chi connectivity index (χ1v) is 6.09. The second-order valence-corrected chi connectivity index (χ2v) is 4.93. The lowest BCUT2D eigenvalue weighted by atomic mass is 10.4. The molecule has 1 aromatic carbocycles. The van der Waals surface area contributed by atoms with Crippen molar-refractivity contribution in [2.24, 2.45) is 0 Å². The number of hydrogen-bond donors (Lipinski definition) is 0. The van der Waals surface area contributed by atoms with Crippen LogP contribution >= 0.6 is 46.6 Å². The quantitative estimate of drug-likeness (QED) is 0.839. The van der Waals surface area contributed by atoms with Crippen LogP contribution in [0.3, 0.4) is 0 Å². The van der Waals surface area contributed by atoms with Gasteiger partial charge in [-0.05, 0) is 29.8 Å². The van der Waals surface area contributed by atoms with Gasteiger partial charge in [0.25, 0.3) is 0 Å². The third kappa shape index (κ3) is 2.98. The van der Waals surface area contributed by atoms with E-state index in [-0.39, 0.29) is 10.4 Å². The monoisotopic (exact) mass is 291 g/mol. The third-order valence-electron chi connectivity index (χ3n) is 1.60. The van der Waals surface area contributed by atoms with Crippen molar-refractivity contribution in [3.8, 4) is 0 Å². The summed E-state index contributed by atoms with van der Waals surface area (Å²) < 4.78 is 0. The summed E-state index contributed by atoms with van der Waals surface area (Å²) in [5.74, 6) is 0. The highest BCUT2D eigenvalue weighted by molar-refractivity contribution is 7.99. The van der Waals surface area contributed by atoms with E-state index in [1.807, 2.05) is 12.1 Å². The molecular weight excluding hydrogens is 289 g/mol. The lowest BCUT2D eigenvalue weighted by Gasteiger charge is -2.02. The first-order valence-electron chi connectivity index (χ1n) is 4.14. The van der Waals surface area contributed by atoms with E-state index >= 15 is 0 Å². The maximum Gasteiger partial charge on any atom is 0.244 e. The topological polar surface area (TPSA) is 38.7 Å². The van der Waals surface area contributed by atoms with Crippen molar-refractivity contribution in [1.29, 1.82) is 0 Å². The number of rotatable bonds is 2. The minimum absolute atomic E-state index is 0.0638. The molecule has 0 saturated carbocycles. The summed E-state index contributed by atoms with van der Waals surface area (Å²) >= 11 is 18.7. The van der Waals surface area contributed by atoms with Crippen LogP contribution in [0.1, 0.15) is 0 Å². The predicted molar refractivity (Wildman–Crippen MR) is 65.4 cm³/mol. The van der Waals surface area contributed by atoms with Crippen LogP contribution in [0, 0.1) is 0 Å². The molecule has 1 heterocycles. The van der Waals surface area contributed by atoms with Crippen LogP contribution in [0.2, 0.25) is 15.5 Å². The van der Waals surface area contributed by atoms with Gasteiger partial charge in [-0.2, -0.15) is 0 Å². The van der Waals surface area contributed by atoms with Gasteiger partial charge in [0.2, 0.25) is 5.28 Å². The van der Waals surface area contributed by atoms with Crippen LogP contribution in [-0.2, 0) is 0 Å². The molecule has 1 aromatic heterocycles. The Kier molecular flexibility index (Phi) is 3.86. The molecule has 7 heteroatoms. The number of hydrogen-bond acceptors (Lipinski definition) is 4. The molecule has 0 aliphatic heterocycles. The van der Waals surface area contributed by atoms with Crippen molar-refractivity contribution in [3.05, 3.63) is 39.7 Å². The molecule has 2 rings (SSSR count). The highest BCUT2D eigenvalue weighted by atomic mass is 35.5. The molecule has 16 heavy (non-hydrogen) atoms. The van der Waals surface area contributed by atoms with E-state index in [9.17, 15) is 0 Å².